The van der Waals surface area contributed by atoms with E-state index in [9.17, 15) is 14.4 Å². The predicted octanol–water partition coefficient (Wildman–Crippen LogP) is 4.03. The molecule has 0 spiro atoms. The fourth-order valence-corrected chi connectivity index (χ4v) is 3.93. The van der Waals surface area contributed by atoms with Crippen LogP contribution < -0.4 is 10.6 Å². The SMILES string of the molecule is CC(=O)c1ccc(NC(=O)CSc2nnc(NC(=O)c3cccc(C)c3)s2)cc1. The van der Waals surface area contributed by atoms with Gasteiger partial charge in [-0.2, -0.15) is 0 Å². The van der Waals surface area contributed by atoms with Crippen molar-refractivity contribution in [2.24, 2.45) is 0 Å². The van der Waals surface area contributed by atoms with Crippen LogP contribution in [0.2, 0.25) is 0 Å². The van der Waals surface area contributed by atoms with Crippen LogP contribution in [0.3, 0.4) is 0 Å². The number of amides is 2. The maximum absolute atomic E-state index is 12.2. The maximum Gasteiger partial charge on any atom is 0.257 e. The molecule has 0 aliphatic heterocycles. The lowest BCUT2D eigenvalue weighted by atomic mass is 10.1. The Labute approximate surface area is 175 Å². The summed E-state index contributed by atoms with van der Waals surface area (Å²) in [5.41, 5.74) is 2.74. The Balaban J connectivity index is 1.50. The highest BCUT2D eigenvalue weighted by Gasteiger charge is 2.12. The lowest BCUT2D eigenvalue weighted by Gasteiger charge is -2.04. The molecule has 0 bridgehead atoms. The van der Waals surface area contributed by atoms with Crippen molar-refractivity contribution in [2.45, 2.75) is 18.2 Å². The van der Waals surface area contributed by atoms with E-state index in [4.69, 9.17) is 0 Å². The van der Waals surface area contributed by atoms with E-state index in [0.29, 0.717) is 26.3 Å². The second kappa shape index (κ2) is 9.44. The zero-order valence-corrected chi connectivity index (χ0v) is 17.4. The van der Waals surface area contributed by atoms with Crippen LogP contribution in [-0.4, -0.2) is 33.5 Å². The number of Topliss-reactive ketones (excluding diaryl/α,β-unsaturated/α-hetero) is 1. The molecule has 2 N–H and O–H groups in total. The Morgan fingerprint density at radius 3 is 2.45 bits per heavy atom. The van der Waals surface area contributed by atoms with Crippen LogP contribution in [0, 0.1) is 6.92 Å². The smallest absolute Gasteiger partial charge is 0.257 e. The molecule has 0 unspecified atom stereocenters. The molecule has 148 valence electrons. The zero-order valence-electron chi connectivity index (χ0n) is 15.8. The van der Waals surface area contributed by atoms with Crippen LogP contribution in [0.15, 0.2) is 52.9 Å². The summed E-state index contributed by atoms with van der Waals surface area (Å²) < 4.78 is 0.576. The minimum absolute atomic E-state index is 0.0278. The molecule has 0 aliphatic carbocycles. The van der Waals surface area contributed by atoms with Crippen molar-refractivity contribution in [3.05, 3.63) is 65.2 Å². The molecule has 0 fully saturated rings. The molecular weight excluding hydrogens is 408 g/mol. The molecule has 0 aliphatic rings. The van der Waals surface area contributed by atoms with Crippen LogP contribution in [0.5, 0.6) is 0 Å². The van der Waals surface area contributed by atoms with Crippen LogP contribution in [0.25, 0.3) is 0 Å². The van der Waals surface area contributed by atoms with Gasteiger partial charge in [-0.05, 0) is 50.2 Å². The molecule has 1 heterocycles. The number of nitrogens with one attached hydrogen (secondary N) is 2. The molecule has 0 saturated carbocycles. The number of nitrogens with zero attached hydrogens (tertiary/aromatic N) is 2. The normalized spacial score (nSPS) is 10.4. The lowest BCUT2D eigenvalue weighted by Crippen LogP contribution is -2.14. The highest BCUT2D eigenvalue weighted by atomic mass is 32.2. The lowest BCUT2D eigenvalue weighted by molar-refractivity contribution is -0.113. The van der Waals surface area contributed by atoms with Gasteiger partial charge in [0.2, 0.25) is 11.0 Å². The Morgan fingerprint density at radius 1 is 1.00 bits per heavy atom. The maximum atomic E-state index is 12.2. The number of aryl methyl sites for hydroxylation is 1. The largest absolute Gasteiger partial charge is 0.325 e. The van der Waals surface area contributed by atoms with E-state index in [1.54, 1.807) is 36.4 Å². The predicted molar refractivity (Wildman–Crippen MR) is 115 cm³/mol. The summed E-state index contributed by atoms with van der Waals surface area (Å²) in [5.74, 6) is -0.339. The zero-order chi connectivity index (χ0) is 20.8. The van der Waals surface area contributed by atoms with Gasteiger partial charge in [0.15, 0.2) is 10.1 Å². The molecule has 3 rings (SSSR count). The fraction of sp³-hybridized carbons (Fsp3) is 0.150. The molecule has 1 aromatic heterocycles. The summed E-state index contributed by atoms with van der Waals surface area (Å²) in [6.07, 6.45) is 0. The molecule has 7 nitrogen and oxygen atoms in total. The Morgan fingerprint density at radius 2 is 1.76 bits per heavy atom. The van der Waals surface area contributed by atoms with Gasteiger partial charge in [-0.25, -0.2) is 0 Å². The van der Waals surface area contributed by atoms with Gasteiger partial charge in [-0.15, -0.1) is 10.2 Å². The average molecular weight is 427 g/mol. The molecule has 2 amide bonds. The van der Waals surface area contributed by atoms with Crippen molar-refractivity contribution in [3.63, 3.8) is 0 Å². The first kappa shape index (κ1) is 20.7. The van der Waals surface area contributed by atoms with Crippen molar-refractivity contribution < 1.29 is 14.4 Å². The molecule has 29 heavy (non-hydrogen) atoms. The summed E-state index contributed by atoms with van der Waals surface area (Å²) in [6.45, 7) is 3.41. The third-order valence-electron chi connectivity index (χ3n) is 3.81. The summed E-state index contributed by atoms with van der Waals surface area (Å²) in [7, 11) is 0. The molecule has 0 atom stereocenters. The van der Waals surface area contributed by atoms with E-state index >= 15 is 0 Å². The number of rotatable bonds is 7. The van der Waals surface area contributed by atoms with Crippen LogP contribution >= 0.6 is 23.1 Å². The van der Waals surface area contributed by atoms with E-state index in [2.05, 4.69) is 20.8 Å². The van der Waals surface area contributed by atoms with E-state index in [-0.39, 0.29) is 23.4 Å². The second-order valence-electron chi connectivity index (χ2n) is 6.17. The van der Waals surface area contributed by atoms with Crippen molar-refractivity contribution >= 4 is 51.5 Å². The minimum Gasteiger partial charge on any atom is -0.325 e. The first-order chi connectivity index (χ1) is 13.9. The summed E-state index contributed by atoms with van der Waals surface area (Å²) in [6, 6.07) is 14.0. The molecule has 0 saturated heterocycles. The number of benzene rings is 2. The molecule has 3 aromatic rings. The topological polar surface area (TPSA) is 101 Å². The number of carbonyl (C=O) groups is 3. The molecule has 0 radical (unpaired) electrons. The summed E-state index contributed by atoms with van der Waals surface area (Å²) in [4.78, 5) is 35.6. The highest BCUT2D eigenvalue weighted by molar-refractivity contribution is 8.01. The quantitative estimate of drug-likeness (QED) is 0.336. The highest BCUT2D eigenvalue weighted by Crippen LogP contribution is 2.26. The number of aromatic nitrogens is 2. The van der Waals surface area contributed by atoms with Gasteiger partial charge in [0.1, 0.15) is 0 Å². The number of carbonyl (C=O) groups excluding carboxylic acids is 3. The van der Waals surface area contributed by atoms with Gasteiger partial charge in [-0.1, -0.05) is 40.8 Å². The standard InChI is InChI=1S/C20H18N4O3S2/c1-12-4-3-5-15(10-12)18(27)22-19-23-24-20(29-19)28-11-17(26)21-16-8-6-14(7-9-16)13(2)25/h3-10H,11H2,1-2H3,(H,21,26)(H,22,23,27). The number of anilines is 2. The minimum atomic E-state index is -0.256. The average Bonchev–Trinajstić information content (AvgIpc) is 3.14. The van der Waals surface area contributed by atoms with E-state index < -0.39 is 0 Å². The number of thioether (sulfide) groups is 1. The molecule has 2 aromatic carbocycles. The second-order valence-corrected chi connectivity index (χ2v) is 8.37. The van der Waals surface area contributed by atoms with Crippen molar-refractivity contribution in [2.75, 3.05) is 16.4 Å². The number of hydrogen-bond donors (Lipinski definition) is 2. The molecular formula is C20H18N4O3S2. The first-order valence-electron chi connectivity index (χ1n) is 8.66. The summed E-state index contributed by atoms with van der Waals surface area (Å²) in [5, 5.41) is 13.8. The summed E-state index contributed by atoms with van der Waals surface area (Å²) >= 11 is 2.43. The third-order valence-corrected chi connectivity index (χ3v) is 5.78. The fourth-order valence-electron chi connectivity index (χ4n) is 2.39. The van der Waals surface area contributed by atoms with Gasteiger partial charge in [0.05, 0.1) is 5.75 Å². The monoisotopic (exact) mass is 426 g/mol. The van der Waals surface area contributed by atoms with Crippen molar-refractivity contribution in [3.8, 4) is 0 Å². The third kappa shape index (κ3) is 5.97. The van der Waals surface area contributed by atoms with Crippen LogP contribution in [0.1, 0.15) is 33.2 Å². The van der Waals surface area contributed by atoms with Gasteiger partial charge >= 0.3 is 0 Å². The van der Waals surface area contributed by atoms with Crippen molar-refractivity contribution in [1.82, 2.24) is 10.2 Å². The Kier molecular flexibility index (Phi) is 6.73. The van der Waals surface area contributed by atoms with E-state index in [1.165, 1.54) is 30.0 Å². The van der Waals surface area contributed by atoms with Crippen molar-refractivity contribution in [1.29, 1.82) is 0 Å². The van der Waals surface area contributed by atoms with Gasteiger partial charge in [0.25, 0.3) is 5.91 Å². The Bertz CT molecular complexity index is 1050. The van der Waals surface area contributed by atoms with Gasteiger partial charge < -0.3 is 5.32 Å². The van der Waals surface area contributed by atoms with E-state index in [1.807, 2.05) is 19.1 Å². The molecule has 9 heteroatoms. The van der Waals surface area contributed by atoms with Gasteiger partial charge in [-0.3, -0.25) is 19.7 Å². The van der Waals surface area contributed by atoms with Gasteiger partial charge in [0, 0.05) is 16.8 Å². The van der Waals surface area contributed by atoms with Crippen LogP contribution in [0.4, 0.5) is 10.8 Å². The first-order valence-corrected chi connectivity index (χ1v) is 10.5. The van der Waals surface area contributed by atoms with E-state index in [0.717, 1.165) is 5.56 Å². The number of ketones is 1. The number of hydrogen-bond acceptors (Lipinski definition) is 7. The Hall–Kier alpha value is -3.04. The van der Waals surface area contributed by atoms with Crippen LogP contribution in [-0.2, 0) is 4.79 Å².